The third kappa shape index (κ3) is 6.27. The lowest BCUT2D eigenvalue weighted by Gasteiger charge is -2.25. The summed E-state index contributed by atoms with van der Waals surface area (Å²) in [6, 6.07) is 19.1. The molecule has 1 heterocycles. The molecular formula is C23H27NO5. The van der Waals surface area contributed by atoms with E-state index in [1.165, 1.54) is 0 Å². The van der Waals surface area contributed by atoms with E-state index in [1.54, 1.807) is 20.5 Å². The van der Waals surface area contributed by atoms with Crippen molar-refractivity contribution in [2.24, 2.45) is 0 Å². The van der Waals surface area contributed by atoms with Gasteiger partial charge in [-0.1, -0.05) is 24.3 Å². The molecule has 0 aliphatic heterocycles. The monoisotopic (exact) mass is 397 g/mol. The van der Waals surface area contributed by atoms with Crippen LogP contribution in [-0.4, -0.2) is 43.5 Å². The number of ether oxygens (including phenoxy) is 3. The van der Waals surface area contributed by atoms with Gasteiger partial charge in [0.05, 0.1) is 27.0 Å². The van der Waals surface area contributed by atoms with Crippen LogP contribution in [0.15, 0.2) is 71.3 Å². The van der Waals surface area contributed by atoms with Crippen molar-refractivity contribution in [2.75, 3.05) is 27.4 Å². The number of para-hydroxylation sites is 1. The minimum absolute atomic E-state index is 0.213. The van der Waals surface area contributed by atoms with E-state index in [-0.39, 0.29) is 6.61 Å². The predicted octanol–water partition coefficient (Wildman–Crippen LogP) is 3.74. The van der Waals surface area contributed by atoms with E-state index in [0.29, 0.717) is 31.1 Å². The van der Waals surface area contributed by atoms with E-state index in [4.69, 9.17) is 18.6 Å². The number of hydrogen-bond acceptors (Lipinski definition) is 6. The number of aliphatic hydroxyl groups excluding tert-OH is 1. The summed E-state index contributed by atoms with van der Waals surface area (Å²) in [5.41, 5.74) is 1.05. The van der Waals surface area contributed by atoms with Crippen LogP contribution in [0.25, 0.3) is 0 Å². The third-order valence-corrected chi connectivity index (χ3v) is 4.47. The van der Waals surface area contributed by atoms with Gasteiger partial charge in [0.2, 0.25) is 0 Å². The number of hydrogen-bond donors (Lipinski definition) is 1. The van der Waals surface area contributed by atoms with Crippen LogP contribution in [0, 0.1) is 0 Å². The quantitative estimate of drug-likeness (QED) is 0.532. The molecule has 29 heavy (non-hydrogen) atoms. The highest BCUT2D eigenvalue weighted by molar-refractivity contribution is 5.42. The molecule has 6 heteroatoms. The number of benzene rings is 2. The summed E-state index contributed by atoms with van der Waals surface area (Å²) < 4.78 is 21.9. The molecule has 1 atom stereocenters. The Hall–Kier alpha value is -2.96. The molecule has 0 bridgehead atoms. The third-order valence-electron chi connectivity index (χ3n) is 4.47. The summed E-state index contributed by atoms with van der Waals surface area (Å²) in [6.45, 7) is 1.83. The lowest BCUT2D eigenvalue weighted by atomic mass is 10.1. The fraction of sp³-hybridized carbons (Fsp3) is 0.304. The van der Waals surface area contributed by atoms with Crippen LogP contribution in [0.4, 0.5) is 0 Å². The summed E-state index contributed by atoms with van der Waals surface area (Å²) >= 11 is 0. The first kappa shape index (κ1) is 20.8. The first-order valence-corrected chi connectivity index (χ1v) is 9.49. The van der Waals surface area contributed by atoms with E-state index in [0.717, 1.165) is 17.1 Å². The van der Waals surface area contributed by atoms with Gasteiger partial charge in [-0.25, -0.2) is 0 Å². The van der Waals surface area contributed by atoms with Gasteiger partial charge in [0, 0.05) is 13.1 Å². The van der Waals surface area contributed by atoms with Crippen molar-refractivity contribution in [3.63, 3.8) is 0 Å². The normalized spacial score (nSPS) is 12.0. The SMILES string of the molecule is COc1ccc(CN(Cc2ccco2)CC(O)COc2ccccc2)cc1OC. The van der Waals surface area contributed by atoms with Gasteiger partial charge in [-0.05, 0) is 42.0 Å². The highest BCUT2D eigenvalue weighted by Crippen LogP contribution is 2.28. The molecule has 6 nitrogen and oxygen atoms in total. The second-order valence-electron chi connectivity index (χ2n) is 6.72. The predicted molar refractivity (Wildman–Crippen MR) is 110 cm³/mol. The molecule has 1 unspecified atom stereocenters. The first-order valence-electron chi connectivity index (χ1n) is 9.49. The van der Waals surface area contributed by atoms with E-state index in [1.807, 2.05) is 60.7 Å². The molecule has 0 saturated carbocycles. The van der Waals surface area contributed by atoms with Gasteiger partial charge in [0.15, 0.2) is 11.5 Å². The van der Waals surface area contributed by atoms with Crippen LogP contribution in [-0.2, 0) is 13.1 Å². The second-order valence-corrected chi connectivity index (χ2v) is 6.72. The van der Waals surface area contributed by atoms with Crippen LogP contribution in [0.2, 0.25) is 0 Å². The minimum atomic E-state index is -0.648. The first-order chi connectivity index (χ1) is 14.2. The highest BCUT2D eigenvalue weighted by atomic mass is 16.5. The fourth-order valence-electron chi connectivity index (χ4n) is 3.11. The van der Waals surface area contributed by atoms with Crippen molar-refractivity contribution in [3.05, 3.63) is 78.3 Å². The number of rotatable bonds is 11. The van der Waals surface area contributed by atoms with E-state index in [9.17, 15) is 5.11 Å². The van der Waals surface area contributed by atoms with Crippen molar-refractivity contribution in [1.29, 1.82) is 0 Å². The number of aliphatic hydroxyl groups is 1. The zero-order valence-corrected chi connectivity index (χ0v) is 16.8. The van der Waals surface area contributed by atoms with Crippen molar-refractivity contribution in [2.45, 2.75) is 19.2 Å². The lowest BCUT2D eigenvalue weighted by Crippen LogP contribution is -2.35. The van der Waals surface area contributed by atoms with Crippen molar-refractivity contribution in [1.82, 2.24) is 4.90 Å². The topological polar surface area (TPSA) is 64.3 Å². The molecule has 0 saturated heterocycles. The van der Waals surface area contributed by atoms with Gasteiger partial charge in [-0.2, -0.15) is 0 Å². The molecule has 0 aliphatic carbocycles. The zero-order chi connectivity index (χ0) is 20.5. The van der Waals surface area contributed by atoms with Crippen LogP contribution in [0.5, 0.6) is 17.2 Å². The smallest absolute Gasteiger partial charge is 0.161 e. The Morgan fingerprint density at radius 2 is 1.72 bits per heavy atom. The Balaban J connectivity index is 1.65. The summed E-state index contributed by atoms with van der Waals surface area (Å²) in [4.78, 5) is 2.11. The number of furan rings is 1. The van der Waals surface area contributed by atoms with Gasteiger partial charge < -0.3 is 23.7 Å². The molecular weight excluding hydrogens is 370 g/mol. The molecule has 0 aliphatic rings. The van der Waals surface area contributed by atoms with Gasteiger partial charge in [0.1, 0.15) is 24.2 Å². The van der Waals surface area contributed by atoms with Crippen LogP contribution in [0.3, 0.4) is 0 Å². The Bertz CT molecular complexity index is 851. The zero-order valence-electron chi connectivity index (χ0n) is 16.8. The molecule has 1 aromatic heterocycles. The van der Waals surface area contributed by atoms with Crippen molar-refractivity contribution < 1.29 is 23.7 Å². The van der Waals surface area contributed by atoms with Crippen LogP contribution >= 0.6 is 0 Å². The molecule has 154 valence electrons. The summed E-state index contributed by atoms with van der Waals surface area (Å²) in [5.74, 6) is 2.94. The highest BCUT2D eigenvalue weighted by Gasteiger charge is 2.16. The van der Waals surface area contributed by atoms with Gasteiger partial charge in [-0.15, -0.1) is 0 Å². The maximum Gasteiger partial charge on any atom is 0.161 e. The van der Waals surface area contributed by atoms with Crippen molar-refractivity contribution in [3.8, 4) is 17.2 Å². The Labute approximate surface area is 171 Å². The van der Waals surface area contributed by atoms with E-state index in [2.05, 4.69) is 4.90 Å². The summed E-state index contributed by atoms with van der Waals surface area (Å²) in [7, 11) is 3.23. The Morgan fingerprint density at radius 1 is 0.931 bits per heavy atom. The second kappa shape index (κ2) is 10.5. The Morgan fingerprint density at radius 3 is 2.41 bits per heavy atom. The minimum Gasteiger partial charge on any atom is -0.493 e. The average molecular weight is 397 g/mol. The Kier molecular flexibility index (Phi) is 7.55. The maximum absolute atomic E-state index is 10.5. The standard InChI is InChI=1S/C23H27NO5/c1-26-22-11-10-18(13-23(22)27-2)14-24(16-21-9-6-12-28-21)15-19(25)17-29-20-7-4-3-5-8-20/h3-13,19,25H,14-17H2,1-2H3. The van der Waals surface area contributed by atoms with E-state index < -0.39 is 6.10 Å². The van der Waals surface area contributed by atoms with Gasteiger partial charge in [0.25, 0.3) is 0 Å². The molecule has 3 aromatic rings. The maximum atomic E-state index is 10.5. The fourth-order valence-corrected chi connectivity index (χ4v) is 3.11. The lowest BCUT2D eigenvalue weighted by molar-refractivity contribution is 0.0604. The summed E-state index contributed by atoms with van der Waals surface area (Å²) in [5, 5.41) is 10.5. The van der Waals surface area contributed by atoms with Gasteiger partial charge in [-0.3, -0.25) is 4.90 Å². The van der Waals surface area contributed by atoms with Gasteiger partial charge >= 0.3 is 0 Å². The van der Waals surface area contributed by atoms with Crippen molar-refractivity contribution >= 4 is 0 Å². The van der Waals surface area contributed by atoms with Crippen LogP contribution in [0.1, 0.15) is 11.3 Å². The molecule has 0 fully saturated rings. The molecule has 2 aromatic carbocycles. The molecule has 0 amide bonds. The molecule has 3 rings (SSSR count). The summed E-state index contributed by atoms with van der Waals surface area (Å²) in [6.07, 6.45) is 1.00. The number of methoxy groups -OCH3 is 2. The molecule has 0 spiro atoms. The molecule has 0 radical (unpaired) electrons. The average Bonchev–Trinajstić information content (AvgIpc) is 3.26. The van der Waals surface area contributed by atoms with E-state index >= 15 is 0 Å². The number of nitrogens with zero attached hydrogens (tertiary/aromatic N) is 1. The van der Waals surface area contributed by atoms with Crippen LogP contribution < -0.4 is 14.2 Å². The molecule has 1 N–H and O–H groups in total. The largest absolute Gasteiger partial charge is 0.493 e.